The molecule has 6 heteroatoms. The molecule has 3 nitrogen and oxygen atoms in total. The van der Waals surface area contributed by atoms with Crippen molar-refractivity contribution in [2.24, 2.45) is 5.92 Å². The van der Waals surface area contributed by atoms with Gasteiger partial charge in [-0.05, 0) is 25.9 Å². The lowest BCUT2D eigenvalue weighted by Gasteiger charge is -2.38. The molecule has 1 aliphatic heterocycles. The van der Waals surface area contributed by atoms with Crippen LogP contribution < -0.4 is 5.32 Å². The lowest BCUT2D eigenvalue weighted by molar-refractivity contribution is -0.186. The van der Waals surface area contributed by atoms with E-state index in [4.69, 9.17) is 4.74 Å². The van der Waals surface area contributed by atoms with Crippen LogP contribution in [0.4, 0.5) is 13.2 Å². The van der Waals surface area contributed by atoms with Crippen LogP contribution in [0.15, 0.2) is 0 Å². The van der Waals surface area contributed by atoms with Crippen molar-refractivity contribution < 1.29 is 17.9 Å². The number of halogens is 3. The first-order chi connectivity index (χ1) is 8.84. The molecular weight excluding hydrogens is 257 g/mol. The van der Waals surface area contributed by atoms with Gasteiger partial charge in [0.25, 0.3) is 0 Å². The van der Waals surface area contributed by atoms with Gasteiger partial charge in [-0.15, -0.1) is 0 Å². The molecule has 0 spiro atoms. The van der Waals surface area contributed by atoms with E-state index in [2.05, 4.69) is 24.1 Å². The minimum Gasteiger partial charge on any atom is -0.383 e. The molecular formula is C13H25F3N2O. The Hall–Kier alpha value is -0.330. The van der Waals surface area contributed by atoms with Gasteiger partial charge in [0.2, 0.25) is 0 Å². The summed E-state index contributed by atoms with van der Waals surface area (Å²) in [4.78, 5) is 2.11. The third kappa shape index (κ3) is 5.67. The Balaban J connectivity index is 2.45. The molecule has 1 atom stereocenters. The summed E-state index contributed by atoms with van der Waals surface area (Å²) in [5.41, 5.74) is 0. The minimum absolute atomic E-state index is 0.154. The van der Waals surface area contributed by atoms with Gasteiger partial charge in [-0.2, -0.15) is 13.2 Å². The topological polar surface area (TPSA) is 24.5 Å². The van der Waals surface area contributed by atoms with Crippen molar-refractivity contribution in [1.82, 2.24) is 10.2 Å². The molecule has 1 aliphatic rings. The Kier molecular flexibility index (Phi) is 6.56. The van der Waals surface area contributed by atoms with E-state index in [0.29, 0.717) is 25.7 Å². The van der Waals surface area contributed by atoms with E-state index in [1.54, 1.807) is 7.11 Å². The number of alkyl halides is 3. The molecule has 1 saturated heterocycles. The highest BCUT2D eigenvalue weighted by Crippen LogP contribution is 2.34. The maximum Gasteiger partial charge on any atom is 0.391 e. The second-order valence-electron chi connectivity index (χ2n) is 5.52. The summed E-state index contributed by atoms with van der Waals surface area (Å²) in [5.74, 6) is -1.13. The van der Waals surface area contributed by atoms with E-state index in [1.165, 1.54) is 0 Å². The van der Waals surface area contributed by atoms with Crippen molar-refractivity contribution in [3.63, 3.8) is 0 Å². The van der Waals surface area contributed by atoms with E-state index in [1.807, 2.05) is 0 Å². The number of rotatable bonds is 6. The second-order valence-corrected chi connectivity index (χ2v) is 5.52. The molecule has 0 aromatic rings. The van der Waals surface area contributed by atoms with Crippen LogP contribution in [0.5, 0.6) is 0 Å². The van der Waals surface area contributed by atoms with Crippen LogP contribution in [-0.2, 0) is 4.74 Å². The molecule has 0 aromatic heterocycles. The zero-order chi connectivity index (χ0) is 14.5. The zero-order valence-corrected chi connectivity index (χ0v) is 12.0. The van der Waals surface area contributed by atoms with Crippen LogP contribution in [0.3, 0.4) is 0 Å². The number of ether oxygens (including phenoxy) is 1. The van der Waals surface area contributed by atoms with Gasteiger partial charge in [0.1, 0.15) is 0 Å². The largest absolute Gasteiger partial charge is 0.391 e. The smallest absolute Gasteiger partial charge is 0.383 e. The van der Waals surface area contributed by atoms with Gasteiger partial charge in [-0.25, -0.2) is 0 Å². The number of hydrogen-bond donors (Lipinski definition) is 1. The fraction of sp³-hybridized carbons (Fsp3) is 1.00. The molecule has 0 aliphatic carbocycles. The number of likely N-dealkylation sites (tertiary alicyclic amines) is 1. The summed E-state index contributed by atoms with van der Waals surface area (Å²) >= 11 is 0. The van der Waals surface area contributed by atoms with Crippen LogP contribution in [0.25, 0.3) is 0 Å². The molecule has 1 fully saturated rings. The van der Waals surface area contributed by atoms with Crippen LogP contribution in [0.1, 0.15) is 26.7 Å². The van der Waals surface area contributed by atoms with Crippen LogP contribution >= 0.6 is 0 Å². The molecule has 114 valence electrons. The number of nitrogens with one attached hydrogen (secondary N) is 1. The summed E-state index contributed by atoms with van der Waals surface area (Å²) in [6.45, 7) is 6.41. The first-order valence-electron chi connectivity index (χ1n) is 6.87. The average molecular weight is 282 g/mol. The third-order valence-electron chi connectivity index (χ3n) is 3.63. The first-order valence-corrected chi connectivity index (χ1v) is 6.87. The van der Waals surface area contributed by atoms with Gasteiger partial charge >= 0.3 is 6.18 Å². The van der Waals surface area contributed by atoms with Gasteiger partial charge in [-0.3, -0.25) is 4.90 Å². The van der Waals surface area contributed by atoms with Gasteiger partial charge < -0.3 is 10.1 Å². The van der Waals surface area contributed by atoms with Crippen molar-refractivity contribution in [3.05, 3.63) is 0 Å². The molecule has 0 amide bonds. The minimum atomic E-state index is -4.04. The molecule has 19 heavy (non-hydrogen) atoms. The normalized spacial score (nSPS) is 21.0. The standard InChI is InChI=1S/C13H25F3N2O/c1-10(2)17-8-12(9-19-3)18-6-4-11(5-7-18)13(14,15)16/h10-12,17H,4-9H2,1-3H3. The Morgan fingerprint density at radius 2 is 1.84 bits per heavy atom. The van der Waals surface area contributed by atoms with E-state index in [-0.39, 0.29) is 18.9 Å². The predicted molar refractivity (Wildman–Crippen MR) is 69.2 cm³/mol. The van der Waals surface area contributed by atoms with E-state index in [9.17, 15) is 13.2 Å². The molecule has 0 radical (unpaired) electrons. The number of hydrogen-bond acceptors (Lipinski definition) is 3. The van der Waals surface area contributed by atoms with Crippen molar-refractivity contribution in [2.45, 2.75) is 44.9 Å². The maximum atomic E-state index is 12.6. The number of methoxy groups -OCH3 is 1. The number of piperidine rings is 1. The summed E-state index contributed by atoms with van der Waals surface area (Å²) in [6, 6.07) is 0.522. The van der Waals surface area contributed by atoms with Gasteiger partial charge in [0.05, 0.1) is 12.5 Å². The highest BCUT2D eigenvalue weighted by atomic mass is 19.4. The first kappa shape index (κ1) is 16.7. The van der Waals surface area contributed by atoms with Crippen molar-refractivity contribution in [3.8, 4) is 0 Å². The van der Waals surface area contributed by atoms with Crippen LogP contribution in [0.2, 0.25) is 0 Å². The maximum absolute atomic E-state index is 12.6. The van der Waals surface area contributed by atoms with Gasteiger partial charge in [0.15, 0.2) is 0 Å². The molecule has 0 saturated carbocycles. The summed E-state index contributed by atoms with van der Waals surface area (Å²) < 4.78 is 43.0. The lowest BCUT2D eigenvalue weighted by Crippen LogP contribution is -2.50. The van der Waals surface area contributed by atoms with Crippen LogP contribution in [-0.4, -0.2) is 56.5 Å². The molecule has 0 bridgehead atoms. The SMILES string of the molecule is COCC(CNC(C)C)N1CCC(C(F)(F)F)CC1. The summed E-state index contributed by atoms with van der Waals surface area (Å²) in [5, 5.41) is 3.33. The zero-order valence-electron chi connectivity index (χ0n) is 12.0. The lowest BCUT2D eigenvalue weighted by atomic mass is 9.95. The van der Waals surface area contributed by atoms with Gasteiger partial charge in [0, 0.05) is 25.7 Å². The Morgan fingerprint density at radius 3 is 2.26 bits per heavy atom. The fourth-order valence-corrected chi connectivity index (χ4v) is 2.45. The van der Waals surface area contributed by atoms with Crippen LogP contribution in [0, 0.1) is 5.92 Å². The predicted octanol–water partition coefficient (Wildman–Crippen LogP) is 2.27. The van der Waals surface area contributed by atoms with E-state index < -0.39 is 12.1 Å². The summed E-state index contributed by atoms with van der Waals surface area (Å²) in [7, 11) is 1.63. The number of nitrogens with zero attached hydrogens (tertiary/aromatic N) is 1. The highest BCUT2D eigenvalue weighted by molar-refractivity contribution is 4.82. The Morgan fingerprint density at radius 1 is 1.26 bits per heavy atom. The van der Waals surface area contributed by atoms with Crippen molar-refractivity contribution >= 4 is 0 Å². The monoisotopic (exact) mass is 282 g/mol. The van der Waals surface area contributed by atoms with Gasteiger partial charge in [-0.1, -0.05) is 13.8 Å². The molecule has 0 aromatic carbocycles. The Bertz CT molecular complexity index is 251. The fourth-order valence-electron chi connectivity index (χ4n) is 2.45. The average Bonchev–Trinajstić information content (AvgIpc) is 2.33. The van der Waals surface area contributed by atoms with E-state index >= 15 is 0 Å². The molecule has 1 rings (SSSR count). The molecule has 1 unspecified atom stereocenters. The van der Waals surface area contributed by atoms with E-state index in [0.717, 1.165) is 6.54 Å². The van der Waals surface area contributed by atoms with Crippen molar-refractivity contribution in [1.29, 1.82) is 0 Å². The van der Waals surface area contributed by atoms with Crippen molar-refractivity contribution in [2.75, 3.05) is 33.4 Å². The molecule has 1 heterocycles. The third-order valence-corrected chi connectivity index (χ3v) is 3.63. The summed E-state index contributed by atoms with van der Waals surface area (Å²) in [6.07, 6.45) is -3.64. The molecule has 1 N–H and O–H groups in total. The quantitative estimate of drug-likeness (QED) is 0.809. The Labute approximate surface area is 113 Å². The highest BCUT2D eigenvalue weighted by Gasteiger charge is 2.41. The second kappa shape index (κ2) is 7.45.